The maximum absolute atomic E-state index is 10.6. The van der Waals surface area contributed by atoms with Crippen LogP contribution in [0.15, 0.2) is 11.6 Å². The molecule has 0 aromatic rings. The van der Waals surface area contributed by atoms with Crippen molar-refractivity contribution in [2.75, 3.05) is 0 Å². The van der Waals surface area contributed by atoms with Crippen LogP contribution in [0.3, 0.4) is 0 Å². The van der Waals surface area contributed by atoms with Crippen molar-refractivity contribution in [2.24, 2.45) is 17.3 Å². The number of fused-ring (bicyclic) bond motifs is 1. The average molecular weight is 238 g/mol. The van der Waals surface area contributed by atoms with Gasteiger partial charge in [0.15, 0.2) is 0 Å². The summed E-state index contributed by atoms with van der Waals surface area (Å²) in [6.45, 7) is 8.50. The predicted octanol–water partition coefficient (Wildman–Crippen LogP) is 2.89. The molecule has 98 valence electrons. The molecule has 2 rings (SSSR count). The van der Waals surface area contributed by atoms with Gasteiger partial charge in [0.2, 0.25) is 0 Å². The quantitative estimate of drug-likeness (QED) is 0.690. The monoisotopic (exact) mass is 238 g/mol. The first-order valence-corrected chi connectivity index (χ1v) is 6.90. The molecule has 2 aliphatic carbocycles. The Morgan fingerprint density at radius 2 is 1.88 bits per heavy atom. The van der Waals surface area contributed by atoms with Crippen LogP contribution in [-0.4, -0.2) is 21.9 Å². The fourth-order valence-corrected chi connectivity index (χ4v) is 3.63. The topological polar surface area (TPSA) is 40.5 Å². The molecule has 0 aliphatic heterocycles. The summed E-state index contributed by atoms with van der Waals surface area (Å²) in [5.41, 5.74) is 0.169. The van der Waals surface area contributed by atoms with Crippen LogP contribution in [0.4, 0.5) is 0 Å². The van der Waals surface area contributed by atoms with Crippen molar-refractivity contribution in [1.82, 2.24) is 0 Å². The Morgan fingerprint density at radius 3 is 2.47 bits per heavy atom. The Hall–Kier alpha value is -0.340. The van der Waals surface area contributed by atoms with E-state index in [1.807, 2.05) is 6.92 Å². The van der Waals surface area contributed by atoms with Gasteiger partial charge in [-0.2, -0.15) is 0 Å². The molecule has 2 heteroatoms. The van der Waals surface area contributed by atoms with Gasteiger partial charge in [0, 0.05) is 5.41 Å². The molecule has 2 nitrogen and oxygen atoms in total. The number of rotatable bonds is 1. The zero-order valence-electron chi connectivity index (χ0n) is 11.5. The minimum Gasteiger partial charge on any atom is -0.392 e. The molecular weight excluding hydrogens is 212 g/mol. The lowest BCUT2D eigenvalue weighted by Gasteiger charge is -2.51. The van der Waals surface area contributed by atoms with Crippen molar-refractivity contribution in [3.63, 3.8) is 0 Å². The number of aliphatic hydroxyl groups is 2. The number of allylic oxidation sites excluding steroid dienone is 1. The van der Waals surface area contributed by atoms with E-state index < -0.39 is 5.60 Å². The fourth-order valence-electron chi connectivity index (χ4n) is 3.63. The van der Waals surface area contributed by atoms with Gasteiger partial charge >= 0.3 is 0 Å². The fraction of sp³-hybridized carbons (Fsp3) is 0.867. The zero-order valence-corrected chi connectivity index (χ0v) is 11.5. The first-order valence-electron chi connectivity index (χ1n) is 6.90. The molecule has 4 unspecified atom stereocenters. The highest BCUT2D eigenvalue weighted by Crippen LogP contribution is 2.53. The van der Waals surface area contributed by atoms with Crippen molar-refractivity contribution in [2.45, 2.75) is 65.1 Å². The van der Waals surface area contributed by atoms with E-state index >= 15 is 0 Å². The number of aliphatic hydroxyl groups excluding tert-OH is 1. The van der Waals surface area contributed by atoms with Gasteiger partial charge in [-0.3, -0.25) is 0 Å². The highest BCUT2D eigenvalue weighted by Gasteiger charge is 2.50. The summed E-state index contributed by atoms with van der Waals surface area (Å²) < 4.78 is 0. The van der Waals surface area contributed by atoms with E-state index in [0.29, 0.717) is 24.7 Å². The zero-order chi connectivity index (χ0) is 12.8. The maximum atomic E-state index is 10.6. The van der Waals surface area contributed by atoms with E-state index in [2.05, 4.69) is 26.8 Å². The molecule has 0 spiro atoms. The Morgan fingerprint density at radius 1 is 1.24 bits per heavy atom. The van der Waals surface area contributed by atoms with Crippen LogP contribution in [0.2, 0.25) is 0 Å². The first-order chi connectivity index (χ1) is 7.77. The minimum atomic E-state index is -0.721. The molecule has 0 radical (unpaired) electrons. The average Bonchev–Trinajstić information content (AvgIpc) is 2.24. The van der Waals surface area contributed by atoms with Crippen molar-refractivity contribution in [3.05, 3.63) is 11.6 Å². The van der Waals surface area contributed by atoms with E-state index in [1.165, 1.54) is 0 Å². The van der Waals surface area contributed by atoms with E-state index in [9.17, 15) is 10.2 Å². The van der Waals surface area contributed by atoms with Gasteiger partial charge in [-0.1, -0.05) is 26.8 Å². The van der Waals surface area contributed by atoms with Crippen molar-refractivity contribution in [1.29, 1.82) is 0 Å². The molecule has 0 heterocycles. The standard InChI is InChI=1S/C15H26O2/c1-10(2)11-5-7-14(3)12(9-11)15(4,17)8-6-13(14)16/h9-11,13,16-17H,5-8H2,1-4H3. The summed E-state index contributed by atoms with van der Waals surface area (Å²) in [5.74, 6) is 1.16. The Kier molecular flexibility index (Phi) is 3.16. The normalized spacial score (nSPS) is 46.6. The second-order valence-corrected chi connectivity index (χ2v) is 6.77. The van der Waals surface area contributed by atoms with Gasteiger partial charge in [0.1, 0.15) is 0 Å². The first kappa shape index (κ1) is 13.1. The third kappa shape index (κ3) is 2.06. The number of hydrogen-bond donors (Lipinski definition) is 2. The Bertz CT molecular complexity index is 330. The van der Waals surface area contributed by atoms with E-state index in [0.717, 1.165) is 18.4 Å². The minimum absolute atomic E-state index is 0.201. The smallest absolute Gasteiger partial charge is 0.0836 e. The molecule has 1 saturated carbocycles. The third-order valence-corrected chi connectivity index (χ3v) is 5.07. The molecule has 1 fully saturated rings. The molecule has 0 bridgehead atoms. The van der Waals surface area contributed by atoms with Crippen LogP contribution in [0.1, 0.15) is 53.4 Å². The molecule has 0 aromatic carbocycles. The molecule has 4 atom stereocenters. The lowest BCUT2D eigenvalue weighted by Crippen LogP contribution is -2.50. The third-order valence-electron chi connectivity index (χ3n) is 5.07. The van der Waals surface area contributed by atoms with E-state index in [1.54, 1.807) is 0 Å². The predicted molar refractivity (Wildman–Crippen MR) is 69.6 cm³/mol. The second kappa shape index (κ2) is 4.10. The van der Waals surface area contributed by atoms with Crippen molar-refractivity contribution in [3.8, 4) is 0 Å². The van der Waals surface area contributed by atoms with Crippen LogP contribution in [-0.2, 0) is 0 Å². The largest absolute Gasteiger partial charge is 0.392 e. The van der Waals surface area contributed by atoms with E-state index in [-0.39, 0.29) is 11.5 Å². The molecule has 2 N–H and O–H groups in total. The summed E-state index contributed by atoms with van der Waals surface area (Å²) in [4.78, 5) is 0. The van der Waals surface area contributed by atoms with Crippen molar-refractivity contribution >= 4 is 0 Å². The highest BCUT2D eigenvalue weighted by atomic mass is 16.3. The van der Waals surface area contributed by atoms with Gasteiger partial charge in [0.05, 0.1) is 11.7 Å². The Labute approximate surface area is 105 Å². The molecular formula is C15H26O2. The molecule has 2 aliphatic rings. The lowest BCUT2D eigenvalue weighted by atomic mass is 9.57. The van der Waals surface area contributed by atoms with Gasteiger partial charge in [-0.25, -0.2) is 0 Å². The van der Waals surface area contributed by atoms with Crippen LogP contribution < -0.4 is 0 Å². The summed E-state index contributed by atoms with van der Waals surface area (Å²) in [6.07, 6.45) is 5.50. The molecule has 0 amide bonds. The summed E-state index contributed by atoms with van der Waals surface area (Å²) >= 11 is 0. The summed E-state index contributed by atoms with van der Waals surface area (Å²) in [5, 5.41) is 20.8. The Balaban J connectivity index is 2.40. The molecule has 0 aromatic heterocycles. The van der Waals surface area contributed by atoms with Crippen LogP contribution >= 0.6 is 0 Å². The van der Waals surface area contributed by atoms with Gasteiger partial charge in [-0.15, -0.1) is 0 Å². The van der Waals surface area contributed by atoms with Gasteiger partial charge in [0.25, 0.3) is 0 Å². The number of hydrogen-bond acceptors (Lipinski definition) is 2. The van der Waals surface area contributed by atoms with E-state index in [4.69, 9.17) is 0 Å². The summed E-state index contributed by atoms with van der Waals surface area (Å²) in [7, 11) is 0. The summed E-state index contributed by atoms with van der Waals surface area (Å²) in [6, 6.07) is 0. The highest BCUT2D eigenvalue weighted by molar-refractivity contribution is 5.31. The van der Waals surface area contributed by atoms with Crippen LogP contribution in [0.5, 0.6) is 0 Å². The molecule has 0 saturated heterocycles. The van der Waals surface area contributed by atoms with Crippen molar-refractivity contribution < 1.29 is 10.2 Å². The SMILES string of the molecule is CC(C)C1C=C2C(C)(O)CCC(O)C2(C)CC1. The van der Waals surface area contributed by atoms with Gasteiger partial charge < -0.3 is 10.2 Å². The van der Waals surface area contributed by atoms with Gasteiger partial charge in [-0.05, 0) is 50.0 Å². The molecule has 17 heavy (non-hydrogen) atoms. The lowest BCUT2D eigenvalue weighted by molar-refractivity contribution is -0.0521. The van der Waals surface area contributed by atoms with Crippen LogP contribution in [0.25, 0.3) is 0 Å². The maximum Gasteiger partial charge on any atom is 0.0836 e. The van der Waals surface area contributed by atoms with Crippen LogP contribution in [0, 0.1) is 17.3 Å². The second-order valence-electron chi connectivity index (χ2n) is 6.77.